The first kappa shape index (κ1) is 18.7. The highest BCUT2D eigenvalue weighted by atomic mass is 19.1. The first-order valence-electron chi connectivity index (χ1n) is 9.13. The van der Waals surface area contributed by atoms with Gasteiger partial charge in [0.15, 0.2) is 0 Å². The molecule has 1 heterocycles. The maximum absolute atomic E-state index is 13.9. The molecule has 1 saturated heterocycles. The Labute approximate surface area is 154 Å². The predicted molar refractivity (Wildman–Crippen MR) is 102 cm³/mol. The number of hydrogen-bond donors (Lipinski definition) is 1. The van der Waals surface area contributed by atoms with Crippen molar-refractivity contribution in [3.8, 4) is 5.75 Å². The van der Waals surface area contributed by atoms with Crippen molar-refractivity contribution >= 4 is 5.69 Å². The predicted octanol–water partition coefficient (Wildman–Crippen LogP) is 3.00. The third-order valence-electron chi connectivity index (χ3n) is 4.96. The van der Waals surface area contributed by atoms with Crippen LogP contribution in [0.1, 0.15) is 11.1 Å². The fourth-order valence-corrected chi connectivity index (χ4v) is 3.23. The van der Waals surface area contributed by atoms with Crippen molar-refractivity contribution < 1.29 is 14.2 Å². The zero-order chi connectivity index (χ0) is 18.5. The number of β-amino-alcohol motifs (C(OH)–C–C–N with tert-alkyl or cyclic N) is 1. The van der Waals surface area contributed by atoms with E-state index in [-0.39, 0.29) is 12.4 Å². The number of benzene rings is 2. The molecule has 1 atom stereocenters. The van der Waals surface area contributed by atoms with Crippen molar-refractivity contribution in [1.29, 1.82) is 0 Å². The summed E-state index contributed by atoms with van der Waals surface area (Å²) in [5, 5.41) is 10.3. The Balaban J connectivity index is 1.44. The van der Waals surface area contributed by atoms with Gasteiger partial charge in [-0.1, -0.05) is 18.2 Å². The molecule has 4 nitrogen and oxygen atoms in total. The van der Waals surface area contributed by atoms with Gasteiger partial charge in [0, 0.05) is 32.7 Å². The maximum Gasteiger partial charge on any atom is 0.146 e. The first-order chi connectivity index (χ1) is 12.5. The van der Waals surface area contributed by atoms with Gasteiger partial charge in [-0.3, -0.25) is 4.90 Å². The summed E-state index contributed by atoms with van der Waals surface area (Å²) in [6, 6.07) is 12.8. The Morgan fingerprint density at radius 2 is 1.77 bits per heavy atom. The van der Waals surface area contributed by atoms with E-state index in [1.165, 1.54) is 17.2 Å². The van der Waals surface area contributed by atoms with Gasteiger partial charge >= 0.3 is 0 Å². The number of nitrogens with zero attached hydrogens (tertiary/aromatic N) is 2. The monoisotopic (exact) mass is 358 g/mol. The fourth-order valence-electron chi connectivity index (χ4n) is 3.23. The second-order valence-corrected chi connectivity index (χ2v) is 6.95. The maximum atomic E-state index is 13.9. The van der Waals surface area contributed by atoms with Gasteiger partial charge in [-0.15, -0.1) is 0 Å². The average Bonchev–Trinajstić information content (AvgIpc) is 2.64. The quantitative estimate of drug-likeness (QED) is 0.861. The number of hydrogen-bond acceptors (Lipinski definition) is 4. The molecule has 1 aliphatic rings. The standard InChI is InChI=1S/C21H27FN2O2/c1-16-7-8-19(13-17(16)2)26-15-18(25)14-23-9-11-24(12-10-23)21-6-4-3-5-20(21)22/h3-8,13,18,25H,9-12,14-15H2,1-2H3/t18-/m0/s1. The lowest BCUT2D eigenvalue weighted by Crippen LogP contribution is -2.49. The summed E-state index contributed by atoms with van der Waals surface area (Å²) in [6.45, 7) is 8.07. The summed E-state index contributed by atoms with van der Waals surface area (Å²) < 4.78 is 19.6. The molecule has 0 radical (unpaired) electrons. The number of halogens is 1. The molecule has 3 rings (SSSR count). The van der Waals surface area contributed by atoms with Crippen LogP contribution < -0.4 is 9.64 Å². The van der Waals surface area contributed by atoms with Crippen LogP contribution >= 0.6 is 0 Å². The van der Waals surface area contributed by atoms with E-state index < -0.39 is 6.10 Å². The summed E-state index contributed by atoms with van der Waals surface area (Å²) in [4.78, 5) is 4.26. The number of aryl methyl sites for hydroxylation is 2. The van der Waals surface area contributed by atoms with Gasteiger partial charge in [0.2, 0.25) is 0 Å². The molecular weight excluding hydrogens is 331 g/mol. The van der Waals surface area contributed by atoms with E-state index in [0.29, 0.717) is 12.2 Å². The van der Waals surface area contributed by atoms with Gasteiger partial charge in [-0.25, -0.2) is 4.39 Å². The lowest BCUT2D eigenvalue weighted by Gasteiger charge is -2.36. The Kier molecular flexibility index (Phi) is 6.12. The van der Waals surface area contributed by atoms with Crippen molar-refractivity contribution in [2.75, 3.05) is 44.2 Å². The van der Waals surface area contributed by atoms with Crippen molar-refractivity contribution in [2.24, 2.45) is 0 Å². The summed E-state index contributed by atoms with van der Waals surface area (Å²) in [6.07, 6.45) is -0.545. The van der Waals surface area contributed by atoms with Crippen molar-refractivity contribution in [3.63, 3.8) is 0 Å². The molecule has 1 fully saturated rings. The van der Waals surface area contributed by atoms with Gasteiger partial charge in [-0.2, -0.15) is 0 Å². The molecule has 0 unspecified atom stereocenters. The minimum atomic E-state index is -0.545. The van der Waals surface area contributed by atoms with E-state index >= 15 is 0 Å². The minimum Gasteiger partial charge on any atom is -0.491 e. The van der Waals surface area contributed by atoms with Gasteiger partial charge in [0.1, 0.15) is 24.3 Å². The summed E-state index contributed by atoms with van der Waals surface area (Å²) in [5.41, 5.74) is 3.07. The van der Waals surface area contributed by atoms with Crippen LogP contribution in [0, 0.1) is 19.7 Å². The van der Waals surface area contributed by atoms with Crippen LogP contribution in [-0.4, -0.2) is 55.4 Å². The first-order valence-corrected chi connectivity index (χ1v) is 9.13. The Bertz CT molecular complexity index is 730. The molecule has 1 aliphatic heterocycles. The molecule has 0 amide bonds. The largest absolute Gasteiger partial charge is 0.491 e. The van der Waals surface area contributed by atoms with Crippen molar-refractivity contribution in [3.05, 3.63) is 59.4 Å². The van der Waals surface area contributed by atoms with Gasteiger partial charge in [0.25, 0.3) is 0 Å². The second-order valence-electron chi connectivity index (χ2n) is 6.95. The number of aliphatic hydroxyl groups is 1. The Hall–Kier alpha value is -2.11. The van der Waals surface area contributed by atoms with E-state index in [4.69, 9.17) is 4.74 Å². The summed E-state index contributed by atoms with van der Waals surface area (Å²) in [5.74, 6) is 0.610. The van der Waals surface area contributed by atoms with E-state index in [0.717, 1.165) is 31.9 Å². The SMILES string of the molecule is Cc1ccc(OC[C@@H](O)CN2CCN(c3ccccc3F)CC2)cc1C. The smallest absolute Gasteiger partial charge is 0.146 e. The summed E-state index contributed by atoms with van der Waals surface area (Å²) >= 11 is 0. The Morgan fingerprint density at radius 1 is 1.04 bits per heavy atom. The van der Waals surface area contributed by atoms with Crippen LogP contribution in [-0.2, 0) is 0 Å². The van der Waals surface area contributed by atoms with E-state index in [1.807, 2.05) is 37.3 Å². The number of piperazine rings is 1. The van der Waals surface area contributed by atoms with Gasteiger partial charge in [0.05, 0.1) is 5.69 Å². The second kappa shape index (κ2) is 8.52. The lowest BCUT2D eigenvalue weighted by molar-refractivity contribution is 0.0662. The highest BCUT2D eigenvalue weighted by Crippen LogP contribution is 2.20. The number of anilines is 1. The van der Waals surface area contributed by atoms with Crippen molar-refractivity contribution in [1.82, 2.24) is 4.90 Å². The molecule has 26 heavy (non-hydrogen) atoms. The zero-order valence-corrected chi connectivity index (χ0v) is 15.5. The van der Waals surface area contributed by atoms with E-state index in [1.54, 1.807) is 6.07 Å². The van der Waals surface area contributed by atoms with Crippen LogP contribution in [0.15, 0.2) is 42.5 Å². The van der Waals surface area contributed by atoms with Crippen LogP contribution in [0.2, 0.25) is 0 Å². The molecule has 2 aromatic carbocycles. The van der Waals surface area contributed by atoms with Crippen LogP contribution in [0.4, 0.5) is 10.1 Å². The molecule has 0 bridgehead atoms. The number of ether oxygens (including phenoxy) is 1. The molecule has 0 saturated carbocycles. The molecule has 5 heteroatoms. The highest BCUT2D eigenvalue weighted by molar-refractivity contribution is 5.48. The average molecular weight is 358 g/mol. The van der Waals surface area contributed by atoms with E-state index in [9.17, 15) is 9.50 Å². The molecule has 140 valence electrons. The molecule has 0 aromatic heterocycles. The summed E-state index contributed by atoms with van der Waals surface area (Å²) in [7, 11) is 0. The number of para-hydroxylation sites is 1. The lowest BCUT2D eigenvalue weighted by atomic mass is 10.1. The van der Waals surface area contributed by atoms with Crippen molar-refractivity contribution in [2.45, 2.75) is 20.0 Å². The fraction of sp³-hybridized carbons (Fsp3) is 0.429. The number of aliphatic hydroxyl groups excluding tert-OH is 1. The zero-order valence-electron chi connectivity index (χ0n) is 15.5. The Morgan fingerprint density at radius 3 is 2.46 bits per heavy atom. The van der Waals surface area contributed by atoms with Crippen LogP contribution in [0.5, 0.6) is 5.75 Å². The molecule has 0 aliphatic carbocycles. The van der Waals surface area contributed by atoms with Crippen LogP contribution in [0.25, 0.3) is 0 Å². The highest BCUT2D eigenvalue weighted by Gasteiger charge is 2.21. The van der Waals surface area contributed by atoms with Crippen LogP contribution in [0.3, 0.4) is 0 Å². The minimum absolute atomic E-state index is 0.178. The molecule has 1 N–H and O–H groups in total. The molecular formula is C21H27FN2O2. The number of rotatable bonds is 6. The third-order valence-corrected chi connectivity index (χ3v) is 4.96. The molecule has 2 aromatic rings. The third kappa shape index (κ3) is 4.74. The van der Waals surface area contributed by atoms with Gasteiger partial charge < -0.3 is 14.7 Å². The molecule has 0 spiro atoms. The topological polar surface area (TPSA) is 35.9 Å². The normalized spacial score (nSPS) is 16.5. The van der Waals surface area contributed by atoms with E-state index in [2.05, 4.69) is 16.7 Å². The van der Waals surface area contributed by atoms with Gasteiger partial charge in [-0.05, 0) is 49.2 Å².